The lowest BCUT2D eigenvalue weighted by Crippen LogP contribution is -2.17. The Labute approximate surface area is 174 Å². The zero-order chi connectivity index (χ0) is 20.6. The Hall–Kier alpha value is -4.19. The second-order valence-electron chi connectivity index (χ2n) is 6.55. The molecule has 0 bridgehead atoms. The third kappa shape index (κ3) is 4.99. The highest BCUT2D eigenvalue weighted by molar-refractivity contribution is 5.94. The predicted molar refractivity (Wildman–Crippen MR) is 116 cm³/mol. The summed E-state index contributed by atoms with van der Waals surface area (Å²) in [7, 11) is 0. The standard InChI is InChI=1S/C24H20N4O2/c29-24(21-13-11-19(12-14-21)18-30-23-9-5-2-6-10-23)27-25-15-20-16-26-28(17-20)22-7-3-1-4-8-22/h1-17H,18H2,(H,27,29)/b25-15-. The lowest BCUT2D eigenvalue weighted by molar-refractivity contribution is 0.0955. The number of aromatic nitrogens is 2. The SMILES string of the molecule is O=C(N/N=C\c1cnn(-c2ccccc2)c1)c1ccc(COc2ccccc2)cc1. The molecule has 4 aromatic rings. The molecule has 1 aromatic heterocycles. The molecule has 0 aliphatic carbocycles. The first-order valence-electron chi connectivity index (χ1n) is 9.48. The van der Waals surface area contributed by atoms with Crippen molar-refractivity contribution >= 4 is 12.1 Å². The zero-order valence-electron chi connectivity index (χ0n) is 16.2. The maximum absolute atomic E-state index is 12.3. The van der Waals surface area contributed by atoms with Crippen molar-refractivity contribution in [3.63, 3.8) is 0 Å². The Kier molecular flexibility index (Phi) is 5.96. The van der Waals surface area contributed by atoms with Gasteiger partial charge >= 0.3 is 0 Å². The molecule has 0 saturated carbocycles. The molecule has 148 valence electrons. The minimum atomic E-state index is -0.280. The van der Waals surface area contributed by atoms with E-state index < -0.39 is 0 Å². The number of nitrogens with one attached hydrogen (secondary N) is 1. The van der Waals surface area contributed by atoms with E-state index in [9.17, 15) is 4.79 Å². The van der Waals surface area contributed by atoms with Gasteiger partial charge < -0.3 is 4.74 Å². The van der Waals surface area contributed by atoms with Crippen LogP contribution in [0.4, 0.5) is 0 Å². The van der Waals surface area contributed by atoms with Crippen molar-refractivity contribution in [2.75, 3.05) is 0 Å². The molecule has 0 fully saturated rings. The zero-order valence-corrected chi connectivity index (χ0v) is 16.2. The van der Waals surface area contributed by atoms with Crippen LogP contribution in [0, 0.1) is 0 Å². The number of para-hydroxylation sites is 2. The Morgan fingerprint density at radius 2 is 1.67 bits per heavy atom. The van der Waals surface area contributed by atoms with E-state index in [0.29, 0.717) is 12.2 Å². The summed E-state index contributed by atoms with van der Waals surface area (Å²) in [5.74, 6) is 0.529. The molecule has 0 saturated heterocycles. The quantitative estimate of drug-likeness (QED) is 0.376. The van der Waals surface area contributed by atoms with Crippen LogP contribution in [0.5, 0.6) is 5.75 Å². The predicted octanol–water partition coefficient (Wildman–Crippen LogP) is 4.22. The molecule has 6 nitrogen and oxygen atoms in total. The Morgan fingerprint density at radius 1 is 0.967 bits per heavy atom. The molecule has 0 aliphatic heterocycles. The smallest absolute Gasteiger partial charge is 0.271 e. The van der Waals surface area contributed by atoms with Gasteiger partial charge in [0.05, 0.1) is 18.1 Å². The summed E-state index contributed by atoms with van der Waals surface area (Å²) in [6, 6.07) is 26.6. The van der Waals surface area contributed by atoms with E-state index in [-0.39, 0.29) is 5.91 Å². The van der Waals surface area contributed by atoms with Gasteiger partial charge in [-0.2, -0.15) is 10.2 Å². The highest BCUT2D eigenvalue weighted by Crippen LogP contribution is 2.12. The number of ether oxygens (including phenoxy) is 1. The maximum atomic E-state index is 12.3. The molecule has 0 aliphatic rings. The van der Waals surface area contributed by atoms with Crippen LogP contribution in [0.3, 0.4) is 0 Å². The molecule has 1 heterocycles. The molecule has 0 spiro atoms. The summed E-state index contributed by atoms with van der Waals surface area (Å²) in [6.45, 7) is 0.440. The van der Waals surface area contributed by atoms with Crippen molar-refractivity contribution in [3.8, 4) is 11.4 Å². The largest absolute Gasteiger partial charge is 0.489 e. The minimum Gasteiger partial charge on any atom is -0.489 e. The number of hydrogen-bond donors (Lipinski definition) is 1. The first kappa shape index (κ1) is 19.1. The van der Waals surface area contributed by atoms with E-state index in [2.05, 4.69) is 15.6 Å². The number of amides is 1. The maximum Gasteiger partial charge on any atom is 0.271 e. The molecule has 3 aromatic carbocycles. The molecule has 0 radical (unpaired) electrons. The summed E-state index contributed by atoms with van der Waals surface area (Å²) < 4.78 is 7.46. The summed E-state index contributed by atoms with van der Waals surface area (Å²) >= 11 is 0. The van der Waals surface area contributed by atoms with Crippen LogP contribution in [0.1, 0.15) is 21.5 Å². The van der Waals surface area contributed by atoms with Crippen molar-refractivity contribution in [1.29, 1.82) is 0 Å². The summed E-state index contributed by atoms with van der Waals surface area (Å²) in [5, 5.41) is 8.31. The number of hydrogen-bond acceptors (Lipinski definition) is 4. The van der Waals surface area contributed by atoms with Gasteiger partial charge in [-0.15, -0.1) is 0 Å². The van der Waals surface area contributed by atoms with Crippen molar-refractivity contribution in [1.82, 2.24) is 15.2 Å². The fourth-order valence-electron chi connectivity index (χ4n) is 2.79. The minimum absolute atomic E-state index is 0.280. The van der Waals surface area contributed by atoms with Gasteiger partial charge in [0.15, 0.2) is 0 Å². The van der Waals surface area contributed by atoms with Crippen LogP contribution in [0.15, 0.2) is 102 Å². The average molecular weight is 396 g/mol. The second kappa shape index (κ2) is 9.34. The first-order chi connectivity index (χ1) is 14.8. The van der Waals surface area contributed by atoms with E-state index in [0.717, 1.165) is 22.6 Å². The number of hydrazone groups is 1. The molecule has 0 unspecified atom stereocenters. The van der Waals surface area contributed by atoms with Crippen LogP contribution in [0.25, 0.3) is 5.69 Å². The van der Waals surface area contributed by atoms with Gasteiger partial charge in [-0.1, -0.05) is 48.5 Å². The number of benzene rings is 3. The molecule has 30 heavy (non-hydrogen) atoms. The van der Waals surface area contributed by atoms with Crippen LogP contribution < -0.4 is 10.2 Å². The summed E-state index contributed by atoms with van der Waals surface area (Å²) in [4.78, 5) is 12.3. The van der Waals surface area contributed by atoms with Crippen LogP contribution >= 0.6 is 0 Å². The molecule has 0 atom stereocenters. The van der Waals surface area contributed by atoms with Gasteiger partial charge in [0.25, 0.3) is 5.91 Å². The molecule has 1 amide bonds. The molecular weight excluding hydrogens is 376 g/mol. The summed E-state index contributed by atoms with van der Waals surface area (Å²) in [5.41, 5.74) is 5.78. The van der Waals surface area contributed by atoms with E-state index in [4.69, 9.17) is 4.74 Å². The Balaban J connectivity index is 1.30. The molecular formula is C24H20N4O2. The van der Waals surface area contributed by atoms with Gasteiger partial charge in [-0.3, -0.25) is 4.79 Å². The van der Waals surface area contributed by atoms with Crippen molar-refractivity contribution in [3.05, 3.63) is 114 Å². The highest BCUT2D eigenvalue weighted by Gasteiger charge is 2.05. The topological polar surface area (TPSA) is 68.5 Å². The lowest BCUT2D eigenvalue weighted by atomic mass is 10.1. The third-order valence-corrected chi connectivity index (χ3v) is 4.37. The van der Waals surface area contributed by atoms with Crippen molar-refractivity contribution in [2.24, 2.45) is 5.10 Å². The van der Waals surface area contributed by atoms with Gasteiger partial charge in [0.2, 0.25) is 0 Å². The van der Waals surface area contributed by atoms with Crippen LogP contribution in [0.2, 0.25) is 0 Å². The summed E-state index contributed by atoms with van der Waals surface area (Å²) in [6.07, 6.45) is 5.09. The van der Waals surface area contributed by atoms with Gasteiger partial charge in [-0.05, 0) is 42.0 Å². The second-order valence-corrected chi connectivity index (χ2v) is 6.55. The van der Waals surface area contributed by atoms with Gasteiger partial charge in [0.1, 0.15) is 12.4 Å². The number of carbonyl (C=O) groups is 1. The lowest BCUT2D eigenvalue weighted by Gasteiger charge is -2.06. The fourth-order valence-corrected chi connectivity index (χ4v) is 2.79. The van der Waals surface area contributed by atoms with Crippen molar-refractivity contribution < 1.29 is 9.53 Å². The van der Waals surface area contributed by atoms with E-state index in [1.165, 1.54) is 0 Å². The molecule has 4 rings (SSSR count). The van der Waals surface area contributed by atoms with E-state index in [1.807, 2.05) is 79.0 Å². The van der Waals surface area contributed by atoms with E-state index >= 15 is 0 Å². The molecule has 6 heteroatoms. The van der Waals surface area contributed by atoms with E-state index in [1.54, 1.807) is 29.2 Å². The fraction of sp³-hybridized carbons (Fsp3) is 0.0417. The number of carbonyl (C=O) groups excluding carboxylic acids is 1. The van der Waals surface area contributed by atoms with Gasteiger partial charge in [-0.25, -0.2) is 10.1 Å². The molecule has 1 N–H and O–H groups in total. The van der Waals surface area contributed by atoms with Crippen LogP contribution in [-0.2, 0) is 6.61 Å². The third-order valence-electron chi connectivity index (χ3n) is 4.37. The number of nitrogens with zero attached hydrogens (tertiary/aromatic N) is 3. The number of rotatable bonds is 7. The Bertz CT molecular complexity index is 1120. The van der Waals surface area contributed by atoms with Crippen molar-refractivity contribution in [2.45, 2.75) is 6.61 Å². The average Bonchev–Trinajstić information content (AvgIpc) is 3.28. The highest BCUT2D eigenvalue weighted by atomic mass is 16.5. The Morgan fingerprint density at radius 3 is 2.40 bits per heavy atom. The first-order valence-corrected chi connectivity index (χ1v) is 9.48. The monoisotopic (exact) mass is 396 g/mol. The van der Waals surface area contributed by atoms with Gasteiger partial charge in [0, 0.05) is 17.3 Å². The van der Waals surface area contributed by atoms with Crippen LogP contribution in [-0.4, -0.2) is 21.9 Å². The normalized spacial score (nSPS) is 10.8.